The minimum atomic E-state index is -4.19. The van der Waals surface area contributed by atoms with Crippen LogP contribution in [0.15, 0.2) is 18.2 Å². The zero-order chi connectivity index (χ0) is 15.5. The second-order valence-corrected chi connectivity index (χ2v) is 5.41. The maximum Gasteiger partial charge on any atom is 0.390 e. The van der Waals surface area contributed by atoms with Crippen molar-refractivity contribution in [2.24, 2.45) is 0 Å². The van der Waals surface area contributed by atoms with E-state index in [1.165, 1.54) is 17.7 Å². The number of hydrogen-bond donors (Lipinski definition) is 1. The molecule has 0 saturated heterocycles. The molecular weight excluding hydrogens is 279 g/mol. The van der Waals surface area contributed by atoms with Gasteiger partial charge in [0.1, 0.15) is 6.07 Å². The molecule has 6 heteroatoms. The van der Waals surface area contributed by atoms with Gasteiger partial charge in [-0.15, -0.1) is 0 Å². The van der Waals surface area contributed by atoms with Gasteiger partial charge in [-0.25, -0.2) is 0 Å². The smallest absolute Gasteiger partial charge is 0.373 e. The summed E-state index contributed by atoms with van der Waals surface area (Å²) >= 11 is 0. The molecule has 0 heterocycles. The quantitative estimate of drug-likeness (QED) is 0.876. The fourth-order valence-electron chi connectivity index (χ4n) is 2.08. The van der Waals surface area contributed by atoms with Crippen LogP contribution in [-0.2, 0) is 6.54 Å². The lowest BCUT2D eigenvalue weighted by molar-refractivity contribution is -0.132. The Labute approximate surface area is 122 Å². The van der Waals surface area contributed by atoms with Crippen LogP contribution in [0.4, 0.5) is 18.9 Å². The number of nitriles is 1. The Bertz CT molecular complexity index is 530. The number of benzene rings is 1. The number of hydrogen-bond acceptors (Lipinski definition) is 3. The number of nitrogens with zero attached hydrogens (tertiary/aromatic N) is 2. The average molecular weight is 297 g/mol. The minimum absolute atomic E-state index is 0.155. The van der Waals surface area contributed by atoms with Crippen LogP contribution >= 0.6 is 0 Å². The van der Waals surface area contributed by atoms with Crippen molar-refractivity contribution in [3.63, 3.8) is 0 Å². The molecule has 0 amide bonds. The third-order valence-corrected chi connectivity index (χ3v) is 3.50. The number of nitrogens with one attached hydrogen (secondary N) is 1. The van der Waals surface area contributed by atoms with Crippen molar-refractivity contribution < 1.29 is 13.2 Å². The van der Waals surface area contributed by atoms with Crippen LogP contribution in [0.5, 0.6) is 0 Å². The maximum atomic E-state index is 12.3. The Hall–Kier alpha value is -1.74. The molecule has 1 aliphatic carbocycles. The third kappa shape index (κ3) is 4.94. The lowest BCUT2D eigenvalue weighted by Gasteiger charge is -2.21. The van der Waals surface area contributed by atoms with Crippen LogP contribution in [0.1, 0.15) is 30.4 Å². The predicted octanol–water partition coefficient (Wildman–Crippen LogP) is 3.20. The van der Waals surface area contributed by atoms with E-state index in [0.29, 0.717) is 23.8 Å². The lowest BCUT2D eigenvalue weighted by Crippen LogP contribution is -2.24. The van der Waals surface area contributed by atoms with E-state index in [1.807, 2.05) is 6.07 Å². The van der Waals surface area contributed by atoms with Gasteiger partial charge in [0.05, 0.1) is 17.7 Å². The van der Waals surface area contributed by atoms with Crippen molar-refractivity contribution >= 4 is 5.69 Å². The van der Waals surface area contributed by atoms with E-state index in [1.54, 1.807) is 19.2 Å². The first-order chi connectivity index (χ1) is 9.89. The molecule has 0 unspecified atom stereocenters. The molecule has 2 rings (SSSR count). The molecule has 1 aliphatic rings. The summed E-state index contributed by atoms with van der Waals surface area (Å²) < 4.78 is 36.8. The monoisotopic (exact) mass is 297 g/mol. The van der Waals surface area contributed by atoms with Crippen LogP contribution in [0.25, 0.3) is 0 Å². The molecule has 1 aromatic carbocycles. The van der Waals surface area contributed by atoms with Gasteiger partial charge in [0, 0.05) is 26.2 Å². The molecule has 3 nitrogen and oxygen atoms in total. The standard InChI is InChI=1S/C15H18F3N3/c1-21(7-6-15(16,17)18)14-5-2-11(8-12(14)9-19)10-20-13-3-4-13/h2,5,8,13,20H,3-4,6-7,10H2,1H3. The zero-order valence-electron chi connectivity index (χ0n) is 11.9. The van der Waals surface area contributed by atoms with E-state index in [-0.39, 0.29) is 6.54 Å². The molecule has 1 aromatic rings. The molecule has 0 aromatic heterocycles. The van der Waals surface area contributed by atoms with E-state index in [2.05, 4.69) is 11.4 Å². The van der Waals surface area contributed by atoms with E-state index in [0.717, 1.165) is 5.56 Å². The van der Waals surface area contributed by atoms with Gasteiger partial charge in [0.25, 0.3) is 0 Å². The van der Waals surface area contributed by atoms with Gasteiger partial charge in [-0.05, 0) is 30.5 Å². The van der Waals surface area contributed by atoms with Gasteiger partial charge in [-0.1, -0.05) is 6.07 Å². The molecule has 114 valence electrons. The van der Waals surface area contributed by atoms with Crippen LogP contribution in [0.3, 0.4) is 0 Å². The van der Waals surface area contributed by atoms with Crippen LogP contribution in [0, 0.1) is 11.3 Å². The van der Waals surface area contributed by atoms with Crippen LogP contribution in [0.2, 0.25) is 0 Å². The number of anilines is 1. The van der Waals surface area contributed by atoms with Gasteiger partial charge >= 0.3 is 6.18 Å². The molecule has 1 saturated carbocycles. The van der Waals surface area contributed by atoms with Crippen molar-refractivity contribution in [3.8, 4) is 6.07 Å². The molecule has 1 N–H and O–H groups in total. The van der Waals surface area contributed by atoms with E-state index in [9.17, 15) is 18.4 Å². The normalized spacial score (nSPS) is 14.8. The first-order valence-electron chi connectivity index (χ1n) is 6.93. The summed E-state index contributed by atoms with van der Waals surface area (Å²) in [5.74, 6) is 0. The predicted molar refractivity (Wildman–Crippen MR) is 75.0 cm³/mol. The van der Waals surface area contributed by atoms with Gasteiger partial charge < -0.3 is 10.2 Å². The van der Waals surface area contributed by atoms with Gasteiger partial charge in [0.15, 0.2) is 0 Å². The van der Waals surface area contributed by atoms with Crippen molar-refractivity contribution in [1.82, 2.24) is 5.32 Å². The summed E-state index contributed by atoms with van der Waals surface area (Å²) in [6.45, 7) is 0.531. The average Bonchev–Trinajstić information content (AvgIpc) is 3.25. The summed E-state index contributed by atoms with van der Waals surface area (Å²) in [6, 6.07) is 7.96. The molecule has 0 aliphatic heterocycles. The topological polar surface area (TPSA) is 39.1 Å². The second-order valence-electron chi connectivity index (χ2n) is 5.41. The first-order valence-corrected chi connectivity index (χ1v) is 6.93. The van der Waals surface area contributed by atoms with Crippen molar-refractivity contribution in [3.05, 3.63) is 29.3 Å². The van der Waals surface area contributed by atoms with Gasteiger partial charge in [-0.2, -0.15) is 18.4 Å². The van der Waals surface area contributed by atoms with Gasteiger partial charge in [0.2, 0.25) is 0 Å². The molecule has 0 radical (unpaired) electrons. The number of rotatable bonds is 6. The fourth-order valence-corrected chi connectivity index (χ4v) is 2.08. The van der Waals surface area contributed by atoms with E-state index >= 15 is 0 Å². The molecule has 0 bridgehead atoms. The molecule has 21 heavy (non-hydrogen) atoms. The fraction of sp³-hybridized carbons (Fsp3) is 0.533. The van der Waals surface area contributed by atoms with Crippen molar-refractivity contribution in [2.45, 2.75) is 38.0 Å². The molecule has 1 fully saturated rings. The number of alkyl halides is 3. The number of halogens is 3. The lowest BCUT2D eigenvalue weighted by atomic mass is 10.1. The van der Waals surface area contributed by atoms with E-state index in [4.69, 9.17) is 0 Å². The maximum absolute atomic E-state index is 12.3. The first kappa shape index (κ1) is 15.6. The summed E-state index contributed by atoms with van der Waals surface area (Å²) in [7, 11) is 1.57. The van der Waals surface area contributed by atoms with Crippen molar-refractivity contribution in [2.75, 3.05) is 18.5 Å². The summed E-state index contributed by atoms with van der Waals surface area (Å²) in [6.07, 6.45) is -2.71. The Balaban J connectivity index is 2.02. The highest BCUT2D eigenvalue weighted by atomic mass is 19.4. The minimum Gasteiger partial charge on any atom is -0.373 e. The second kappa shape index (κ2) is 6.35. The molecule has 0 spiro atoms. The van der Waals surface area contributed by atoms with Crippen LogP contribution in [-0.4, -0.2) is 25.8 Å². The van der Waals surface area contributed by atoms with Crippen LogP contribution < -0.4 is 10.2 Å². The summed E-state index contributed by atoms with van der Waals surface area (Å²) in [5, 5.41) is 12.5. The highest BCUT2D eigenvalue weighted by molar-refractivity contribution is 5.60. The van der Waals surface area contributed by atoms with Gasteiger partial charge in [-0.3, -0.25) is 0 Å². The van der Waals surface area contributed by atoms with E-state index < -0.39 is 12.6 Å². The largest absolute Gasteiger partial charge is 0.390 e. The Morgan fingerprint density at radius 1 is 1.38 bits per heavy atom. The molecular formula is C15H18F3N3. The highest BCUT2D eigenvalue weighted by Crippen LogP contribution is 2.25. The summed E-state index contributed by atoms with van der Waals surface area (Å²) in [4.78, 5) is 1.48. The Kier molecular flexibility index (Phi) is 4.73. The summed E-state index contributed by atoms with van der Waals surface area (Å²) in [5.41, 5.74) is 1.93. The Morgan fingerprint density at radius 2 is 2.10 bits per heavy atom. The van der Waals surface area contributed by atoms with Crippen molar-refractivity contribution in [1.29, 1.82) is 5.26 Å². The molecule has 0 atom stereocenters. The SMILES string of the molecule is CN(CCC(F)(F)F)c1ccc(CNC2CC2)cc1C#N. The highest BCUT2D eigenvalue weighted by Gasteiger charge is 2.27. The third-order valence-electron chi connectivity index (χ3n) is 3.50. The zero-order valence-corrected chi connectivity index (χ0v) is 11.9. The Morgan fingerprint density at radius 3 is 2.67 bits per heavy atom.